The molecule has 1 fully saturated rings. The number of amides is 1. The van der Waals surface area contributed by atoms with Gasteiger partial charge in [0.15, 0.2) is 6.61 Å². The van der Waals surface area contributed by atoms with Gasteiger partial charge in [-0.2, -0.15) is 4.31 Å². The lowest BCUT2D eigenvalue weighted by atomic mass is 9.88. The first kappa shape index (κ1) is 19.3. The molecular weight excluding hydrogens is 376 g/mol. The van der Waals surface area contributed by atoms with E-state index in [1.54, 1.807) is 16.2 Å². The smallest absolute Gasteiger partial charge is 0.339 e. The van der Waals surface area contributed by atoms with Crippen LogP contribution >= 0.6 is 11.3 Å². The van der Waals surface area contributed by atoms with Crippen molar-refractivity contribution in [3.05, 3.63) is 21.4 Å². The molecule has 1 aromatic rings. The van der Waals surface area contributed by atoms with Crippen LogP contribution in [-0.4, -0.2) is 68.5 Å². The third-order valence-electron chi connectivity index (χ3n) is 5.01. The summed E-state index contributed by atoms with van der Waals surface area (Å²) in [6.07, 6.45) is 4.10. The van der Waals surface area contributed by atoms with Crippen LogP contribution in [0.1, 0.15) is 34.1 Å². The Morgan fingerprint density at radius 3 is 2.62 bits per heavy atom. The Hall–Kier alpha value is -1.45. The van der Waals surface area contributed by atoms with Gasteiger partial charge in [0.2, 0.25) is 10.0 Å². The second kappa shape index (κ2) is 7.66. The quantitative estimate of drug-likeness (QED) is 0.708. The summed E-state index contributed by atoms with van der Waals surface area (Å²) in [5.74, 6) is -0.0957. The minimum absolute atomic E-state index is 0.273. The number of nitrogens with zero attached hydrogens (tertiary/aromatic N) is 2. The molecule has 9 heteroatoms. The predicted molar refractivity (Wildman–Crippen MR) is 98.8 cm³/mol. The van der Waals surface area contributed by atoms with Crippen LogP contribution < -0.4 is 0 Å². The number of carbonyl (C=O) groups excluding carboxylic acids is 2. The maximum absolute atomic E-state index is 12.4. The van der Waals surface area contributed by atoms with Crippen molar-refractivity contribution in [1.82, 2.24) is 9.21 Å². The fourth-order valence-corrected chi connectivity index (χ4v) is 5.47. The highest BCUT2D eigenvalue weighted by Gasteiger charge is 2.28. The standard InChI is InChI=1S/C17H24N2O5S2/c1-12-3-4-13-14(11-25-15(13)9-12)17(21)24-10-16(20)18-5-7-19(8-6-18)26(2,22)23/h11-12H,3-10H2,1-2H3. The molecule has 0 bridgehead atoms. The summed E-state index contributed by atoms with van der Waals surface area (Å²) in [5.41, 5.74) is 1.67. The Kier molecular flexibility index (Phi) is 5.69. The van der Waals surface area contributed by atoms with Gasteiger partial charge >= 0.3 is 5.97 Å². The van der Waals surface area contributed by atoms with Crippen LogP contribution in [0.25, 0.3) is 0 Å². The Morgan fingerprint density at radius 1 is 1.27 bits per heavy atom. The van der Waals surface area contributed by atoms with Crippen molar-refractivity contribution in [1.29, 1.82) is 0 Å². The second-order valence-corrected chi connectivity index (χ2v) is 9.96. The van der Waals surface area contributed by atoms with E-state index in [0.29, 0.717) is 24.6 Å². The maximum atomic E-state index is 12.4. The van der Waals surface area contributed by atoms with Crippen LogP contribution in [0.15, 0.2) is 5.38 Å². The van der Waals surface area contributed by atoms with E-state index in [4.69, 9.17) is 4.74 Å². The first-order valence-electron chi connectivity index (χ1n) is 8.75. The Balaban J connectivity index is 1.52. The molecule has 2 aliphatic rings. The van der Waals surface area contributed by atoms with Crippen molar-refractivity contribution in [2.24, 2.45) is 5.92 Å². The molecule has 3 rings (SSSR count). The minimum Gasteiger partial charge on any atom is -0.452 e. The number of fused-ring (bicyclic) bond motifs is 1. The SMILES string of the molecule is CC1CCc2c(C(=O)OCC(=O)N3CCN(S(C)(=O)=O)CC3)csc2C1. The summed E-state index contributed by atoms with van der Waals surface area (Å²) < 4.78 is 29.6. The largest absolute Gasteiger partial charge is 0.452 e. The van der Waals surface area contributed by atoms with E-state index in [1.165, 1.54) is 9.18 Å². The van der Waals surface area contributed by atoms with E-state index >= 15 is 0 Å². The Morgan fingerprint density at radius 2 is 1.96 bits per heavy atom. The summed E-state index contributed by atoms with van der Waals surface area (Å²) in [4.78, 5) is 27.4. The summed E-state index contributed by atoms with van der Waals surface area (Å²) in [5, 5.41) is 1.83. The highest BCUT2D eigenvalue weighted by atomic mass is 32.2. The fraction of sp³-hybridized carbons (Fsp3) is 0.647. The number of esters is 1. The highest BCUT2D eigenvalue weighted by Crippen LogP contribution is 2.33. The van der Waals surface area contributed by atoms with E-state index in [2.05, 4.69) is 6.92 Å². The molecule has 1 amide bonds. The molecule has 0 saturated carbocycles. The van der Waals surface area contributed by atoms with E-state index in [-0.39, 0.29) is 25.6 Å². The third kappa shape index (κ3) is 4.27. The Bertz CT molecular complexity index is 794. The van der Waals surface area contributed by atoms with Gasteiger partial charge in [0.25, 0.3) is 5.91 Å². The minimum atomic E-state index is -3.23. The normalized spacial score (nSPS) is 21.3. The van der Waals surface area contributed by atoms with Gasteiger partial charge in [-0.3, -0.25) is 4.79 Å². The third-order valence-corrected chi connectivity index (χ3v) is 7.36. The number of ether oxygens (including phenoxy) is 1. The van der Waals surface area contributed by atoms with Crippen LogP contribution in [-0.2, 0) is 32.4 Å². The lowest BCUT2D eigenvalue weighted by Crippen LogP contribution is -2.51. The molecule has 0 spiro atoms. The molecule has 1 saturated heterocycles. The van der Waals surface area contributed by atoms with Crippen molar-refractivity contribution in [3.63, 3.8) is 0 Å². The molecule has 0 N–H and O–H groups in total. The van der Waals surface area contributed by atoms with E-state index in [1.807, 2.05) is 5.38 Å². The molecule has 1 unspecified atom stereocenters. The van der Waals surface area contributed by atoms with Gasteiger partial charge < -0.3 is 9.64 Å². The van der Waals surface area contributed by atoms with E-state index in [0.717, 1.165) is 31.1 Å². The molecule has 26 heavy (non-hydrogen) atoms. The number of piperazine rings is 1. The molecule has 7 nitrogen and oxygen atoms in total. The first-order chi connectivity index (χ1) is 12.3. The van der Waals surface area contributed by atoms with Gasteiger partial charge in [0.05, 0.1) is 11.8 Å². The zero-order valence-electron chi connectivity index (χ0n) is 15.1. The zero-order valence-corrected chi connectivity index (χ0v) is 16.7. The molecule has 1 aliphatic heterocycles. The fourth-order valence-electron chi connectivity index (χ4n) is 3.41. The summed E-state index contributed by atoms with van der Waals surface area (Å²) in [7, 11) is -3.23. The van der Waals surface area contributed by atoms with Crippen molar-refractivity contribution in [3.8, 4) is 0 Å². The number of hydrogen-bond donors (Lipinski definition) is 0. The van der Waals surface area contributed by atoms with Crippen molar-refractivity contribution in [2.45, 2.75) is 26.2 Å². The molecule has 2 heterocycles. The van der Waals surface area contributed by atoms with Crippen LogP contribution in [0.2, 0.25) is 0 Å². The van der Waals surface area contributed by atoms with Gasteiger partial charge in [-0.25, -0.2) is 13.2 Å². The van der Waals surface area contributed by atoms with Gasteiger partial charge in [0.1, 0.15) is 0 Å². The average molecular weight is 401 g/mol. The number of thiophene rings is 1. The predicted octanol–water partition coefficient (Wildman–Crippen LogP) is 1.13. The topological polar surface area (TPSA) is 84.0 Å². The van der Waals surface area contributed by atoms with Crippen molar-refractivity contribution >= 4 is 33.2 Å². The summed E-state index contributed by atoms with van der Waals surface area (Å²) >= 11 is 1.59. The summed E-state index contributed by atoms with van der Waals surface area (Å²) in [6, 6.07) is 0. The van der Waals surface area contributed by atoms with E-state index in [9.17, 15) is 18.0 Å². The van der Waals surface area contributed by atoms with Crippen LogP contribution in [0.5, 0.6) is 0 Å². The second-order valence-electron chi connectivity index (χ2n) is 7.02. The molecule has 144 valence electrons. The lowest BCUT2D eigenvalue weighted by Gasteiger charge is -2.33. The molecule has 0 aromatic carbocycles. The molecular formula is C17H24N2O5S2. The van der Waals surface area contributed by atoms with Crippen LogP contribution in [0.4, 0.5) is 0 Å². The van der Waals surface area contributed by atoms with Gasteiger partial charge in [-0.1, -0.05) is 6.92 Å². The van der Waals surface area contributed by atoms with Crippen molar-refractivity contribution < 1.29 is 22.7 Å². The number of rotatable bonds is 4. The molecule has 1 aliphatic carbocycles. The van der Waals surface area contributed by atoms with Crippen LogP contribution in [0, 0.1) is 5.92 Å². The monoisotopic (exact) mass is 400 g/mol. The van der Waals surface area contributed by atoms with E-state index < -0.39 is 16.0 Å². The zero-order chi connectivity index (χ0) is 18.9. The molecule has 1 atom stereocenters. The average Bonchev–Trinajstić information content (AvgIpc) is 3.01. The van der Waals surface area contributed by atoms with Gasteiger partial charge in [-0.05, 0) is 30.7 Å². The highest BCUT2D eigenvalue weighted by molar-refractivity contribution is 7.88. The lowest BCUT2D eigenvalue weighted by molar-refractivity contribution is -0.135. The first-order valence-corrected chi connectivity index (χ1v) is 11.5. The van der Waals surface area contributed by atoms with Crippen molar-refractivity contribution in [2.75, 3.05) is 39.0 Å². The number of hydrogen-bond acceptors (Lipinski definition) is 6. The maximum Gasteiger partial charge on any atom is 0.339 e. The van der Waals surface area contributed by atoms with Gasteiger partial charge in [0, 0.05) is 36.4 Å². The molecule has 1 aromatic heterocycles. The number of sulfonamides is 1. The summed E-state index contributed by atoms with van der Waals surface area (Å²) in [6.45, 7) is 3.08. The van der Waals surface area contributed by atoms with Crippen LogP contribution in [0.3, 0.4) is 0 Å². The number of carbonyl (C=O) groups is 2. The molecule has 0 radical (unpaired) electrons. The Labute approximate surface area is 158 Å². The van der Waals surface area contributed by atoms with Gasteiger partial charge in [-0.15, -0.1) is 11.3 Å².